The fourth-order valence-electron chi connectivity index (χ4n) is 2.26. The van der Waals surface area contributed by atoms with E-state index in [2.05, 4.69) is 44.6 Å². The first-order chi connectivity index (χ1) is 11.3. The number of aliphatic hydroxyl groups is 1. The SMILES string of the molecule is CN=C(NCc1ccsc1)NCC(O)c1cc2ccccc2s1. The molecule has 0 spiro atoms. The smallest absolute Gasteiger partial charge is 0.191 e. The minimum absolute atomic E-state index is 0.427. The molecule has 0 saturated carbocycles. The normalized spacial score (nSPS) is 13.2. The zero-order valence-electron chi connectivity index (χ0n) is 12.8. The Labute approximate surface area is 143 Å². The third-order valence-corrected chi connectivity index (χ3v) is 5.45. The molecule has 0 aliphatic carbocycles. The van der Waals surface area contributed by atoms with Crippen molar-refractivity contribution in [2.45, 2.75) is 12.6 Å². The second-order valence-electron chi connectivity index (χ2n) is 5.14. The maximum Gasteiger partial charge on any atom is 0.191 e. The highest BCUT2D eigenvalue weighted by molar-refractivity contribution is 7.19. The molecule has 0 bridgehead atoms. The van der Waals surface area contributed by atoms with Gasteiger partial charge in [0.15, 0.2) is 5.96 Å². The van der Waals surface area contributed by atoms with Gasteiger partial charge in [0.25, 0.3) is 0 Å². The molecular weight excluding hydrogens is 326 g/mol. The average molecular weight is 345 g/mol. The third-order valence-electron chi connectivity index (χ3n) is 3.50. The van der Waals surface area contributed by atoms with Crippen LogP contribution in [-0.2, 0) is 6.54 Å². The van der Waals surface area contributed by atoms with Crippen LogP contribution in [0.5, 0.6) is 0 Å². The van der Waals surface area contributed by atoms with E-state index in [1.54, 1.807) is 29.7 Å². The summed E-state index contributed by atoms with van der Waals surface area (Å²) in [5.41, 5.74) is 1.23. The van der Waals surface area contributed by atoms with Crippen LogP contribution >= 0.6 is 22.7 Å². The minimum atomic E-state index is -0.549. The summed E-state index contributed by atoms with van der Waals surface area (Å²) in [7, 11) is 1.73. The summed E-state index contributed by atoms with van der Waals surface area (Å²) in [6.07, 6.45) is -0.549. The van der Waals surface area contributed by atoms with Crippen molar-refractivity contribution in [2.75, 3.05) is 13.6 Å². The largest absolute Gasteiger partial charge is 0.386 e. The molecule has 4 nitrogen and oxygen atoms in total. The van der Waals surface area contributed by atoms with Crippen molar-refractivity contribution in [3.05, 3.63) is 57.6 Å². The number of guanidine groups is 1. The number of thiophene rings is 2. The van der Waals surface area contributed by atoms with Gasteiger partial charge in [-0.2, -0.15) is 11.3 Å². The summed E-state index contributed by atoms with van der Waals surface area (Å²) in [6.45, 7) is 1.15. The third kappa shape index (κ3) is 4.10. The van der Waals surface area contributed by atoms with Crippen molar-refractivity contribution in [2.24, 2.45) is 4.99 Å². The monoisotopic (exact) mass is 345 g/mol. The fourth-order valence-corrected chi connectivity index (χ4v) is 3.98. The molecule has 0 fully saturated rings. The van der Waals surface area contributed by atoms with Crippen LogP contribution in [0.3, 0.4) is 0 Å². The number of nitrogens with zero attached hydrogens (tertiary/aromatic N) is 1. The minimum Gasteiger partial charge on any atom is -0.386 e. The summed E-state index contributed by atoms with van der Waals surface area (Å²) in [6, 6.07) is 12.3. The van der Waals surface area contributed by atoms with Gasteiger partial charge < -0.3 is 15.7 Å². The van der Waals surface area contributed by atoms with Crippen LogP contribution in [0.25, 0.3) is 10.1 Å². The molecule has 0 saturated heterocycles. The Morgan fingerprint density at radius 3 is 2.87 bits per heavy atom. The molecule has 3 aromatic rings. The molecule has 0 radical (unpaired) electrons. The van der Waals surface area contributed by atoms with Crippen LogP contribution in [0.1, 0.15) is 16.5 Å². The molecule has 1 atom stereocenters. The number of hydrogen-bond acceptors (Lipinski definition) is 4. The molecule has 2 heterocycles. The predicted molar refractivity (Wildman–Crippen MR) is 99.3 cm³/mol. The molecule has 0 aliphatic heterocycles. The predicted octanol–water partition coefficient (Wildman–Crippen LogP) is 3.36. The molecule has 1 unspecified atom stereocenters. The van der Waals surface area contributed by atoms with Crippen molar-refractivity contribution < 1.29 is 5.11 Å². The molecule has 120 valence electrons. The maximum atomic E-state index is 10.4. The van der Waals surface area contributed by atoms with Gasteiger partial charge in [0.1, 0.15) is 6.10 Å². The molecule has 0 aliphatic rings. The quantitative estimate of drug-likeness (QED) is 0.491. The Balaban J connectivity index is 1.55. The molecule has 3 rings (SSSR count). The Kier molecular flexibility index (Phi) is 5.27. The first-order valence-corrected chi connectivity index (χ1v) is 9.14. The first-order valence-electron chi connectivity index (χ1n) is 7.38. The maximum absolute atomic E-state index is 10.4. The van der Waals surface area contributed by atoms with Crippen molar-refractivity contribution in [3.8, 4) is 0 Å². The zero-order valence-corrected chi connectivity index (χ0v) is 14.5. The van der Waals surface area contributed by atoms with Gasteiger partial charge in [0.2, 0.25) is 0 Å². The highest BCUT2D eigenvalue weighted by atomic mass is 32.1. The lowest BCUT2D eigenvalue weighted by atomic mass is 10.2. The number of aliphatic hydroxyl groups excluding tert-OH is 1. The van der Waals surface area contributed by atoms with E-state index in [4.69, 9.17) is 0 Å². The van der Waals surface area contributed by atoms with Gasteiger partial charge in [-0.25, -0.2) is 0 Å². The Morgan fingerprint density at radius 2 is 2.13 bits per heavy atom. The lowest BCUT2D eigenvalue weighted by Crippen LogP contribution is -2.38. The Morgan fingerprint density at radius 1 is 1.26 bits per heavy atom. The van der Waals surface area contributed by atoms with Gasteiger partial charge in [0.05, 0.1) is 0 Å². The molecular formula is C17H19N3OS2. The number of hydrogen-bond donors (Lipinski definition) is 3. The number of benzene rings is 1. The standard InChI is InChI=1S/C17H19N3OS2/c1-18-17(19-9-12-6-7-22-11-12)20-10-14(21)16-8-13-4-2-3-5-15(13)23-16/h2-8,11,14,21H,9-10H2,1H3,(H2,18,19,20). The topological polar surface area (TPSA) is 56.7 Å². The molecule has 6 heteroatoms. The van der Waals surface area contributed by atoms with Crippen molar-refractivity contribution in [1.82, 2.24) is 10.6 Å². The highest BCUT2D eigenvalue weighted by Gasteiger charge is 2.12. The van der Waals surface area contributed by atoms with E-state index < -0.39 is 6.10 Å². The van der Waals surface area contributed by atoms with E-state index in [0.29, 0.717) is 12.5 Å². The first kappa shape index (κ1) is 16.0. The van der Waals surface area contributed by atoms with E-state index in [9.17, 15) is 5.11 Å². The molecule has 0 amide bonds. The van der Waals surface area contributed by atoms with Crippen molar-refractivity contribution in [3.63, 3.8) is 0 Å². The summed E-state index contributed by atoms with van der Waals surface area (Å²) < 4.78 is 1.20. The summed E-state index contributed by atoms with van der Waals surface area (Å²) in [5.74, 6) is 0.691. The summed E-state index contributed by atoms with van der Waals surface area (Å²) in [5, 5.41) is 22.1. The summed E-state index contributed by atoms with van der Waals surface area (Å²) >= 11 is 3.30. The van der Waals surface area contributed by atoms with Gasteiger partial charge in [-0.05, 0) is 39.9 Å². The lowest BCUT2D eigenvalue weighted by Gasteiger charge is -2.14. The number of nitrogens with one attached hydrogen (secondary N) is 2. The van der Waals surface area contributed by atoms with Crippen molar-refractivity contribution in [1.29, 1.82) is 0 Å². The summed E-state index contributed by atoms with van der Waals surface area (Å²) in [4.78, 5) is 5.15. The van der Waals surface area contributed by atoms with Gasteiger partial charge in [-0.3, -0.25) is 4.99 Å². The van der Waals surface area contributed by atoms with Crippen LogP contribution < -0.4 is 10.6 Å². The Hall–Kier alpha value is -1.89. The molecule has 3 N–H and O–H groups in total. The fraction of sp³-hybridized carbons (Fsp3) is 0.235. The highest BCUT2D eigenvalue weighted by Crippen LogP contribution is 2.29. The van der Waals surface area contributed by atoms with E-state index in [1.165, 1.54) is 15.6 Å². The zero-order chi connectivity index (χ0) is 16.1. The molecule has 1 aromatic carbocycles. The van der Waals surface area contributed by atoms with Crippen molar-refractivity contribution >= 4 is 38.7 Å². The van der Waals surface area contributed by atoms with E-state index in [-0.39, 0.29) is 0 Å². The van der Waals surface area contributed by atoms with E-state index >= 15 is 0 Å². The van der Waals surface area contributed by atoms with Gasteiger partial charge in [-0.15, -0.1) is 11.3 Å². The van der Waals surface area contributed by atoms with Crippen LogP contribution in [0, 0.1) is 0 Å². The number of aliphatic imine (C=N–C) groups is 1. The second kappa shape index (κ2) is 7.59. The molecule has 2 aromatic heterocycles. The van der Waals surface area contributed by atoms with E-state index in [0.717, 1.165) is 11.4 Å². The number of rotatable bonds is 5. The van der Waals surface area contributed by atoms with Crippen LogP contribution in [0.15, 0.2) is 52.2 Å². The van der Waals surface area contributed by atoms with Gasteiger partial charge >= 0.3 is 0 Å². The van der Waals surface area contributed by atoms with Crippen LogP contribution in [0.2, 0.25) is 0 Å². The van der Waals surface area contributed by atoms with Crippen LogP contribution in [-0.4, -0.2) is 24.7 Å². The lowest BCUT2D eigenvalue weighted by molar-refractivity contribution is 0.184. The average Bonchev–Trinajstić information content (AvgIpc) is 3.23. The van der Waals surface area contributed by atoms with E-state index in [1.807, 2.05) is 18.2 Å². The molecule has 23 heavy (non-hydrogen) atoms. The number of fused-ring (bicyclic) bond motifs is 1. The van der Waals surface area contributed by atoms with Gasteiger partial charge in [-0.1, -0.05) is 18.2 Å². The Bertz CT molecular complexity index is 747. The second-order valence-corrected chi connectivity index (χ2v) is 7.04. The van der Waals surface area contributed by atoms with Crippen LogP contribution in [0.4, 0.5) is 0 Å². The van der Waals surface area contributed by atoms with Gasteiger partial charge in [0, 0.05) is 29.7 Å².